The molecule has 0 aliphatic heterocycles. The zero-order valence-corrected chi connectivity index (χ0v) is 13.3. The number of benzene rings is 2. The third kappa shape index (κ3) is 2.97. The van der Waals surface area contributed by atoms with Crippen LogP contribution in [0.15, 0.2) is 40.9 Å². The predicted octanol–water partition coefficient (Wildman–Crippen LogP) is 3.86. The fourth-order valence-electron chi connectivity index (χ4n) is 2.16. The molecule has 3 nitrogen and oxygen atoms in total. The highest BCUT2D eigenvalue weighted by Crippen LogP contribution is 2.33. The molecule has 2 aromatic carbocycles. The second kappa shape index (κ2) is 6.29. The van der Waals surface area contributed by atoms with Crippen molar-refractivity contribution >= 4 is 15.9 Å². The molecule has 0 bridgehead atoms. The van der Waals surface area contributed by atoms with Crippen molar-refractivity contribution in [2.75, 3.05) is 14.2 Å². The van der Waals surface area contributed by atoms with Gasteiger partial charge in [0.1, 0.15) is 17.6 Å². The Morgan fingerprint density at radius 3 is 2.30 bits per heavy atom. The Kier molecular flexibility index (Phi) is 4.68. The molecule has 4 heteroatoms. The van der Waals surface area contributed by atoms with E-state index in [2.05, 4.69) is 15.9 Å². The quantitative estimate of drug-likeness (QED) is 0.921. The summed E-state index contributed by atoms with van der Waals surface area (Å²) in [5.41, 5.74) is 2.53. The monoisotopic (exact) mass is 336 g/mol. The van der Waals surface area contributed by atoms with E-state index in [0.717, 1.165) is 26.9 Å². The van der Waals surface area contributed by atoms with Gasteiger partial charge in [-0.15, -0.1) is 0 Å². The van der Waals surface area contributed by atoms with Gasteiger partial charge in [0.2, 0.25) is 0 Å². The zero-order valence-electron chi connectivity index (χ0n) is 11.7. The van der Waals surface area contributed by atoms with Gasteiger partial charge in [-0.25, -0.2) is 0 Å². The molecule has 1 N–H and O–H groups in total. The van der Waals surface area contributed by atoms with E-state index >= 15 is 0 Å². The van der Waals surface area contributed by atoms with E-state index in [9.17, 15) is 5.11 Å². The van der Waals surface area contributed by atoms with Crippen molar-refractivity contribution in [1.29, 1.82) is 0 Å². The van der Waals surface area contributed by atoms with Gasteiger partial charge in [0.15, 0.2) is 0 Å². The third-order valence-corrected chi connectivity index (χ3v) is 3.72. The van der Waals surface area contributed by atoms with Gasteiger partial charge >= 0.3 is 0 Å². The van der Waals surface area contributed by atoms with Crippen molar-refractivity contribution < 1.29 is 14.6 Å². The molecule has 1 atom stereocenters. The maximum atomic E-state index is 10.5. The van der Waals surface area contributed by atoms with E-state index < -0.39 is 6.10 Å². The van der Waals surface area contributed by atoms with Gasteiger partial charge in [-0.1, -0.05) is 28.1 Å². The predicted molar refractivity (Wildman–Crippen MR) is 82.5 cm³/mol. The Morgan fingerprint density at radius 2 is 1.70 bits per heavy atom. The Balaban J connectivity index is 2.40. The summed E-state index contributed by atoms with van der Waals surface area (Å²) in [7, 11) is 3.23. The summed E-state index contributed by atoms with van der Waals surface area (Å²) in [6.45, 7) is 1.95. The highest BCUT2D eigenvalue weighted by Gasteiger charge is 2.16. The van der Waals surface area contributed by atoms with Gasteiger partial charge in [0, 0.05) is 10.0 Å². The summed E-state index contributed by atoms with van der Waals surface area (Å²) >= 11 is 3.39. The van der Waals surface area contributed by atoms with Crippen LogP contribution in [-0.2, 0) is 0 Å². The van der Waals surface area contributed by atoms with Crippen LogP contribution >= 0.6 is 15.9 Å². The van der Waals surface area contributed by atoms with E-state index in [1.165, 1.54) is 0 Å². The average molecular weight is 337 g/mol. The smallest absolute Gasteiger partial charge is 0.126 e. The van der Waals surface area contributed by atoms with Crippen LogP contribution in [-0.4, -0.2) is 19.3 Å². The lowest BCUT2D eigenvalue weighted by atomic mass is 9.99. The number of halogens is 1. The van der Waals surface area contributed by atoms with Crippen LogP contribution in [0.2, 0.25) is 0 Å². The lowest BCUT2D eigenvalue weighted by molar-refractivity contribution is 0.214. The first kappa shape index (κ1) is 14.9. The molecular weight excluding hydrogens is 320 g/mol. The Bertz CT molecular complexity index is 611. The Morgan fingerprint density at radius 1 is 1.00 bits per heavy atom. The van der Waals surface area contributed by atoms with E-state index in [-0.39, 0.29) is 0 Å². The van der Waals surface area contributed by atoms with E-state index in [4.69, 9.17) is 9.47 Å². The number of methoxy groups -OCH3 is 2. The van der Waals surface area contributed by atoms with Crippen LogP contribution in [0, 0.1) is 6.92 Å². The molecule has 106 valence electrons. The van der Waals surface area contributed by atoms with Gasteiger partial charge in [0.05, 0.1) is 14.2 Å². The number of ether oxygens (including phenoxy) is 2. The number of hydrogen-bond donors (Lipinski definition) is 1. The minimum absolute atomic E-state index is 0.653. The molecule has 0 amide bonds. The molecule has 0 aromatic heterocycles. The molecular formula is C16H17BrO3. The van der Waals surface area contributed by atoms with Crippen molar-refractivity contribution in [3.8, 4) is 11.5 Å². The second-order valence-electron chi connectivity index (χ2n) is 4.52. The van der Waals surface area contributed by atoms with Crippen LogP contribution < -0.4 is 9.47 Å². The van der Waals surface area contributed by atoms with Gasteiger partial charge in [-0.05, 0) is 42.3 Å². The molecule has 0 saturated heterocycles. The lowest BCUT2D eigenvalue weighted by Gasteiger charge is -2.17. The van der Waals surface area contributed by atoms with Crippen LogP contribution in [0.25, 0.3) is 0 Å². The minimum atomic E-state index is -0.734. The molecule has 0 heterocycles. The van der Waals surface area contributed by atoms with Crippen molar-refractivity contribution in [2.45, 2.75) is 13.0 Å². The molecule has 2 rings (SSSR count). The highest BCUT2D eigenvalue weighted by molar-refractivity contribution is 9.10. The first-order chi connectivity index (χ1) is 9.56. The van der Waals surface area contributed by atoms with Crippen molar-refractivity contribution in [3.63, 3.8) is 0 Å². The summed E-state index contributed by atoms with van der Waals surface area (Å²) in [6.07, 6.45) is -0.734. The first-order valence-corrected chi connectivity index (χ1v) is 7.02. The SMILES string of the molecule is COc1ccc(C(O)c2ccc(Br)cc2OC)cc1C. The number of aliphatic hydroxyl groups excluding tert-OH is 1. The maximum Gasteiger partial charge on any atom is 0.126 e. The van der Waals surface area contributed by atoms with Crippen molar-refractivity contribution in [3.05, 3.63) is 57.6 Å². The average Bonchev–Trinajstić information content (AvgIpc) is 2.46. The maximum absolute atomic E-state index is 10.5. The van der Waals surface area contributed by atoms with Gasteiger partial charge in [-0.2, -0.15) is 0 Å². The molecule has 0 saturated carbocycles. The van der Waals surface area contributed by atoms with Gasteiger partial charge in [0.25, 0.3) is 0 Å². The third-order valence-electron chi connectivity index (χ3n) is 3.22. The van der Waals surface area contributed by atoms with Crippen LogP contribution in [0.4, 0.5) is 0 Å². The molecule has 0 spiro atoms. The largest absolute Gasteiger partial charge is 0.496 e. The Labute approximate surface area is 127 Å². The van der Waals surface area contributed by atoms with E-state index in [1.807, 2.05) is 43.3 Å². The number of aliphatic hydroxyl groups is 1. The normalized spacial score (nSPS) is 12.1. The number of rotatable bonds is 4. The molecule has 20 heavy (non-hydrogen) atoms. The molecule has 0 radical (unpaired) electrons. The standard InChI is InChI=1S/C16H17BrO3/c1-10-8-11(4-7-14(10)19-2)16(18)13-6-5-12(17)9-15(13)20-3/h4-9,16,18H,1-3H3. The molecule has 2 aromatic rings. The van der Waals surface area contributed by atoms with E-state index in [1.54, 1.807) is 14.2 Å². The van der Waals surface area contributed by atoms with Crippen LogP contribution in [0.3, 0.4) is 0 Å². The molecule has 0 fully saturated rings. The molecule has 1 unspecified atom stereocenters. The topological polar surface area (TPSA) is 38.7 Å². The fraction of sp³-hybridized carbons (Fsp3) is 0.250. The highest BCUT2D eigenvalue weighted by atomic mass is 79.9. The summed E-state index contributed by atoms with van der Waals surface area (Å²) in [5.74, 6) is 1.46. The first-order valence-electron chi connectivity index (χ1n) is 6.23. The summed E-state index contributed by atoms with van der Waals surface area (Å²) in [5, 5.41) is 10.5. The zero-order chi connectivity index (χ0) is 14.7. The fourth-order valence-corrected chi connectivity index (χ4v) is 2.50. The van der Waals surface area contributed by atoms with Crippen LogP contribution in [0.5, 0.6) is 11.5 Å². The van der Waals surface area contributed by atoms with Crippen molar-refractivity contribution in [1.82, 2.24) is 0 Å². The number of hydrogen-bond acceptors (Lipinski definition) is 3. The summed E-state index contributed by atoms with van der Waals surface area (Å²) in [4.78, 5) is 0. The van der Waals surface area contributed by atoms with E-state index in [0.29, 0.717) is 5.75 Å². The van der Waals surface area contributed by atoms with Gasteiger partial charge in [-0.3, -0.25) is 0 Å². The number of aryl methyl sites for hydroxylation is 1. The second-order valence-corrected chi connectivity index (χ2v) is 5.43. The van der Waals surface area contributed by atoms with Crippen LogP contribution in [0.1, 0.15) is 22.8 Å². The summed E-state index contributed by atoms with van der Waals surface area (Å²) in [6, 6.07) is 11.2. The minimum Gasteiger partial charge on any atom is -0.496 e. The van der Waals surface area contributed by atoms with Crippen molar-refractivity contribution in [2.24, 2.45) is 0 Å². The Hall–Kier alpha value is -1.52. The van der Waals surface area contributed by atoms with Gasteiger partial charge < -0.3 is 14.6 Å². The molecule has 0 aliphatic carbocycles. The lowest BCUT2D eigenvalue weighted by Crippen LogP contribution is -2.03. The molecule has 0 aliphatic rings. The summed E-state index contributed by atoms with van der Waals surface area (Å²) < 4.78 is 11.5.